The number of nitrogens with one attached hydrogen (secondary N) is 1. The van der Waals surface area contributed by atoms with Crippen LogP contribution in [0.25, 0.3) is 0 Å². The van der Waals surface area contributed by atoms with E-state index in [4.69, 9.17) is 21.1 Å². The summed E-state index contributed by atoms with van der Waals surface area (Å²) in [5, 5.41) is 3.05. The van der Waals surface area contributed by atoms with Gasteiger partial charge >= 0.3 is 5.97 Å². The van der Waals surface area contributed by atoms with E-state index in [0.29, 0.717) is 33.2 Å². The van der Waals surface area contributed by atoms with Gasteiger partial charge in [-0.2, -0.15) is 0 Å². The van der Waals surface area contributed by atoms with Crippen molar-refractivity contribution < 1.29 is 23.9 Å². The van der Waals surface area contributed by atoms with Crippen LogP contribution in [-0.2, 0) is 19.1 Å². The third kappa shape index (κ3) is 5.52. The third-order valence-corrected chi connectivity index (χ3v) is 5.70. The first-order valence-corrected chi connectivity index (χ1v) is 10.5. The number of rotatable bonds is 7. The molecule has 1 N–H and O–H groups in total. The molecule has 0 aromatic heterocycles. The molecule has 158 valence electrons. The Morgan fingerprint density at radius 2 is 1.97 bits per heavy atom. The lowest BCUT2D eigenvalue weighted by atomic mass is 10.1. The van der Waals surface area contributed by atoms with Crippen molar-refractivity contribution in [3.63, 3.8) is 0 Å². The summed E-state index contributed by atoms with van der Waals surface area (Å²) in [7, 11) is 0. The Morgan fingerprint density at radius 3 is 2.63 bits per heavy atom. The van der Waals surface area contributed by atoms with Crippen LogP contribution in [0.2, 0.25) is 5.02 Å². The van der Waals surface area contributed by atoms with Gasteiger partial charge in [0, 0.05) is 28.8 Å². The Labute approximate surface area is 187 Å². The Kier molecular flexibility index (Phi) is 7.33. The molecule has 3 rings (SSSR count). The molecular weight excluding hydrogens is 476 g/mol. The zero-order chi connectivity index (χ0) is 21.7. The van der Waals surface area contributed by atoms with Crippen molar-refractivity contribution >= 4 is 56.7 Å². The Hall–Kier alpha value is -2.58. The van der Waals surface area contributed by atoms with E-state index in [9.17, 15) is 14.4 Å². The number of amides is 2. The average Bonchev–Trinajstić information content (AvgIpc) is 3.11. The van der Waals surface area contributed by atoms with E-state index in [2.05, 4.69) is 21.2 Å². The molecule has 0 bridgehead atoms. The summed E-state index contributed by atoms with van der Waals surface area (Å²) in [5.41, 5.74) is 1.17. The molecule has 2 aromatic rings. The number of ether oxygens (including phenoxy) is 2. The maximum atomic E-state index is 12.3. The number of halogens is 2. The summed E-state index contributed by atoms with van der Waals surface area (Å²) in [6, 6.07) is 12.0. The van der Waals surface area contributed by atoms with Gasteiger partial charge < -0.3 is 19.7 Å². The number of esters is 1. The highest BCUT2D eigenvalue weighted by Crippen LogP contribution is 2.28. The summed E-state index contributed by atoms with van der Waals surface area (Å²) < 4.78 is 11.2. The van der Waals surface area contributed by atoms with Gasteiger partial charge in [-0.05, 0) is 65.3 Å². The standard InChI is InChI=1S/C21H20BrClN2O5/c1-2-29-16-6-4-15(5-7-16)25-11-13(9-20(25)27)21(28)30-12-19(26)24-14-3-8-17(22)18(23)10-14/h3-8,10,13H,2,9,11-12H2,1H3,(H,24,26)/t13-/m0/s1. The van der Waals surface area contributed by atoms with Crippen molar-refractivity contribution in [1.82, 2.24) is 0 Å². The van der Waals surface area contributed by atoms with E-state index in [1.165, 1.54) is 4.90 Å². The summed E-state index contributed by atoms with van der Waals surface area (Å²) in [4.78, 5) is 38.2. The highest BCUT2D eigenvalue weighted by atomic mass is 79.9. The number of benzene rings is 2. The van der Waals surface area contributed by atoms with E-state index >= 15 is 0 Å². The fourth-order valence-corrected chi connectivity index (χ4v) is 3.46. The van der Waals surface area contributed by atoms with Gasteiger partial charge in [-0.1, -0.05) is 11.6 Å². The largest absolute Gasteiger partial charge is 0.494 e. The molecule has 1 aliphatic heterocycles. The molecule has 1 fully saturated rings. The Morgan fingerprint density at radius 1 is 1.23 bits per heavy atom. The summed E-state index contributed by atoms with van der Waals surface area (Å²) >= 11 is 9.25. The maximum absolute atomic E-state index is 12.3. The van der Waals surface area contributed by atoms with Crippen LogP contribution < -0.4 is 15.0 Å². The smallest absolute Gasteiger partial charge is 0.311 e. The molecule has 0 spiro atoms. The zero-order valence-electron chi connectivity index (χ0n) is 16.2. The summed E-state index contributed by atoms with van der Waals surface area (Å²) in [6.07, 6.45) is 0.0377. The van der Waals surface area contributed by atoms with Crippen molar-refractivity contribution in [2.75, 3.05) is 30.0 Å². The second-order valence-corrected chi connectivity index (χ2v) is 7.88. The minimum absolute atomic E-state index is 0.0377. The fourth-order valence-electron chi connectivity index (χ4n) is 3.03. The first-order valence-electron chi connectivity index (χ1n) is 9.32. The molecular formula is C21H20BrClN2O5. The van der Waals surface area contributed by atoms with Crippen molar-refractivity contribution in [2.24, 2.45) is 5.92 Å². The van der Waals surface area contributed by atoms with Crippen molar-refractivity contribution in [2.45, 2.75) is 13.3 Å². The Bertz CT molecular complexity index is 951. The predicted molar refractivity (Wildman–Crippen MR) is 117 cm³/mol. The van der Waals surface area contributed by atoms with Gasteiger partial charge in [0.1, 0.15) is 5.75 Å². The molecule has 1 heterocycles. The van der Waals surface area contributed by atoms with Gasteiger partial charge in [0.25, 0.3) is 5.91 Å². The lowest BCUT2D eigenvalue weighted by Crippen LogP contribution is -2.28. The van der Waals surface area contributed by atoms with Crippen LogP contribution in [0.1, 0.15) is 13.3 Å². The second kappa shape index (κ2) is 9.95. The van der Waals surface area contributed by atoms with Gasteiger partial charge in [-0.15, -0.1) is 0 Å². The van der Waals surface area contributed by atoms with Crippen molar-refractivity contribution in [3.8, 4) is 5.75 Å². The average molecular weight is 496 g/mol. The molecule has 0 aliphatic carbocycles. The molecule has 1 atom stereocenters. The fraction of sp³-hybridized carbons (Fsp3) is 0.286. The molecule has 2 aromatic carbocycles. The molecule has 2 amide bonds. The van der Waals surface area contributed by atoms with Gasteiger partial charge in [-0.3, -0.25) is 14.4 Å². The van der Waals surface area contributed by atoms with Crippen LogP contribution >= 0.6 is 27.5 Å². The number of carbonyl (C=O) groups excluding carboxylic acids is 3. The number of hydrogen-bond acceptors (Lipinski definition) is 5. The van der Waals surface area contributed by atoms with Gasteiger partial charge in [-0.25, -0.2) is 0 Å². The lowest BCUT2D eigenvalue weighted by Gasteiger charge is -2.17. The molecule has 0 saturated carbocycles. The van der Waals surface area contributed by atoms with E-state index in [0.717, 1.165) is 0 Å². The van der Waals surface area contributed by atoms with E-state index in [1.807, 2.05) is 6.92 Å². The monoisotopic (exact) mass is 494 g/mol. The van der Waals surface area contributed by atoms with Gasteiger partial charge in [0.2, 0.25) is 5.91 Å². The van der Waals surface area contributed by atoms with Crippen molar-refractivity contribution in [3.05, 3.63) is 52.0 Å². The van der Waals surface area contributed by atoms with E-state index in [-0.39, 0.29) is 18.9 Å². The first-order chi connectivity index (χ1) is 14.4. The van der Waals surface area contributed by atoms with Crippen LogP contribution in [-0.4, -0.2) is 37.5 Å². The topological polar surface area (TPSA) is 84.9 Å². The van der Waals surface area contributed by atoms with Gasteiger partial charge in [0.15, 0.2) is 6.61 Å². The number of nitrogens with zero attached hydrogens (tertiary/aromatic N) is 1. The van der Waals surface area contributed by atoms with E-state index < -0.39 is 24.4 Å². The number of anilines is 2. The second-order valence-electron chi connectivity index (χ2n) is 6.62. The summed E-state index contributed by atoms with van der Waals surface area (Å²) in [5.74, 6) is -1.16. The summed E-state index contributed by atoms with van der Waals surface area (Å²) in [6.45, 7) is 2.20. The maximum Gasteiger partial charge on any atom is 0.311 e. The molecule has 1 aliphatic rings. The van der Waals surface area contributed by atoms with Crippen LogP contribution in [0.3, 0.4) is 0 Å². The molecule has 0 radical (unpaired) electrons. The van der Waals surface area contributed by atoms with Gasteiger partial charge in [0.05, 0.1) is 17.5 Å². The molecule has 9 heteroatoms. The van der Waals surface area contributed by atoms with Crippen molar-refractivity contribution in [1.29, 1.82) is 0 Å². The number of hydrogen-bond donors (Lipinski definition) is 1. The third-order valence-electron chi connectivity index (χ3n) is 4.47. The van der Waals surface area contributed by atoms with Crippen LogP contribution in [0, 0.1) is 5.92 Å². The minimum atomic E-state index is -0.626. The Balaban J connectivity index is 1.51. The highest BCUT2D eigenvalue weighted by molar-refractivity contribution is 9.10. The normalized spacial score (nSPS) is 15.8. The minimum Gasteiger partial charge on any atom is -0.494 e. The zero-order valence-corrected chi connectivity index (χ0v) is 18.5. The van der Waals surface area contributed by atoms with Crippen LogP contribution in [0.15, 0.2) is 46.9 Å². The van der Waals surface area contributed by atoms with E-state index in [1.54, 1.807) is 42.5 Å². The van der Waals surface area contributed by atoms with Crippen LogP contribution in [0.5, 0.6) is 5.75 Å². The molecule has 0 unspecified atom stereocenters. The van der Waals surface area contributed by atoms with Crippen LogP contribution in [0.4, 0.5) is 11.4 Å². The SMILES string of the molecule is CCOc1ccc(N2C[C@@H](C(=O)OCC(=O)Nc3ccc(Br)c(Cl)c3)CC2=O)cc1. The lowest BCUT2D eigenvalue weighted by molar-refractivity contribution is -0.151. The molecule has 7 nitrogen and oxygen atoms in total. The highest BCUT2D eigenvalue weighted by Gasteiger charge is 2.36. The predicted octanol–water partition coefficient (Wildman–Crippen LogP) is 4.04. The first kappa shape index (κ1) is 22.1. The molecule has 1 saturated heterocycles. The quantitative estimate of drug-likeness (QED) is 0.586. The molecule has 30 heavy (non-hydrogen) atoms. The number of carbonyl (C=O) groups is 3.